The number of allylic oxidation sites excluding steroid dienone is 2. The summed E-state index contributed by atoms with van der Waals surface area (Å²) < 4.78 is 1.86. The Hall–Kier alpha value is -1.09. The van der Waals surface area contributed by atoms with Gasteiger partial charge in [-0.2, -0.15) is 5.10 Å². The van der Waals surface area contributed by atoms with Gasteiger partial charge in [-0.3, -0.25) is 9.48 Å². The molecule has 1 heterocycles. The number of carbonyl (C=O) groups excluding carboxylic acids is 1. The second-order valence-corrected chi connectivity index (χ2v) is 4.98. The minimum absolute atomic E-state index is 0.201. The largest absolute Gasteiger partial charge is 0.294 e. The van der Waals surface area contributed by atoms with Crippen LogP contribution in [-0.4, -0.2) is 15.6 Å². The van der Waals surface area contributed by atoms with Gasteiger partial charge in [-0.15, -0.1) is 0 Å². The van der Waals surface area contributed by atoms with Gasteiger partial charge in [0.15, 0.2) is 5.78 Å². The number of halogens is 1. The summed E-state index contributed by atoms with van der Waals surface area (Å²) in [4.78, 5) is 12.2. The Morgan fingerprint density at radius 2 is 2.28 bits per heavy atom. The van der Waals surface area contributed by atoms with Crippen molar-refractivity contribution in [1.29, 1.82) is 0 Å². The number of Topliss-reactive ketones (excluding diaryl/α,β-unsaturated/α-hetero) is 1. The monoisotopic (exact) mass is 266 g/mol. The molecular formula is C14H19ClN2O. The molecule has 0 saturated heterocycles. The molecule has 0 atom stereocenters. The predicted octanol–water partition coefficient (Wildman–Crippen LogP) is 3.34. The predicted molar refractivity (Wildman–Crippen MR) is 72.9 cm³/mol. The molecule has 4 heteroatoms. The van der Waals surface area contributed by atoms with E-state index in [-0.39, 0.29) is 5.78 Å². The summed E-state index contributed by atoms with van der Waals surface area (Å²) in [6.45, 7) is 4.80. The number of hydrogen-bond acceptors (Lipinski definition) is 2. The summed E-state index contributed by atoms with van der Waals surface area (Å²) in [5.74, 6) is 0.201. The third-order valence-corrected chi connectivity index (χ3v) is 3.86. The number of hydrogen-bond donors (Lipinski definition) is 0. The van der Waals surface area contributed by atoms with E-state index in [1.807, 2.05) is 18.5 Å². The van der Waals surface area contributed by atoms with E-state index in [0.717, 1.165) is 49.2 Å². The highest BCUT2D eigenvalue weighted by Gasteiger charge is 2.20. The fraction of sp³-hybridized carbons (Fsp3) is 0.571. The Labute approximate surface area is 113 Å². The van der Waals surface area contributed by atoms with Crippen LogP contribution in [0.25, 0.3) is 0 Å². The van der Waals surface area contributed by atoms with Gasteiger partial charge in [-0.25, -0.2) is 0 Å². The molecule has 3 nitrogen and oxygen atoms in total. The Bertz CT molecular complexity index is 488. The lowest BCUT2D eigenvalue weighted by Gasteiger charge is -2.05. The molecule has 1 aliphatic rings. The lowest BCUT2D eigenvalue weighted by molar-refractivity contribution is -0.115. The van der Waals surface area contributed by atoms with E-state index in [2.05, 4.69) is 11.2 Å². The topological polar surface area (TPSA) is 34.9 Å². The zero-order chi connectivity index (χ0) is 13.1. The van der Waals surface area contributed by atoms with Crippen molar-refractivity contribution in [3.63, 3.8) is 0 Å². The van der Waals surface area contributed by atoms with Gasteiger partial charge in [-0.05, 0) is 38.2 Å². The molecule has 18 heavy (non-hydrogen) atoms. The molecule has 0 unspecified atom stereocenters. The number of aryl methyl sites for hydroxylation is 2. The molecular weight excluding hydrogens is 248 g/mol. The second-order valence-electron chi connectivity index (χ2n) is 4.60. The molecule has 1 aromatic rings. The average Bonchev–Trinajstić information content (AvgIpc) is 2.99. The van der Waals surface area contributed by atoms with Crippen molar-refractivity contribution in [3.8, 4) is 0 Å². The smallest absolute Gasteiger partial charge is 0.164 e. The molecule has 0 spiro atoms. The van der Waals surface area contributed by atoms with Gasteiger partial charge in [0.2, 0.25) is 0 Å². The highest BCUT2D eigenvalue weighted by atomic mass is 35.5. The molecule has 0 fully saturated rings. The number of ketones is 1. The summed E-state index contributed by atoms with van der Waals surface area (Å²) in [6.07, 6.45) is 6.28. The molecule has 2 rings (SSSR count). The summed E-state index contributed by atoms with van der Waals surface area (Å²) in [6, 6.07) is 0. The van der Waals surface area contributed by atoms with E-state index in [4.69, 9.17) is 11.6 Å². The first-order valence-corrected chi connectivity index (χ1v) is 7.01. The van der Waals surface area contributed by atoms with Crippen LogP contribution in [-0.2, 0) is 24.2 Å². The quantitative estimate of drug-likeness (QED) is 0.819. The Morgan fingerprint density at radius 1 is 1.50 bits per heavy atom. The summed E-state index contributed by atoms with van der Waals surface area (Å²) in [7, 11) is 0. The van der Waals surface area contributed by atoms with Gasteiger partial charge in [0.05, 0.1) is 22.8 Å². The lowest BCUT2D eigenvalue weighted by atomic mass is 10.1. The lowest BCUT2D eigenvalue weighted by Crippen LogP contribution is -2.11. The van der Waals surface area contributed by atoms with E-state index in [9.17, 15) is 4.79 Å². The maximum absolute atomic E-state index is 12.2. The fourth-order valence-corrected chi connectivity index (χ4v) is 2.71. The van der Waals surface area contributed by atoms with Crippen LogP contribution in [0.4, 0.5) is 0 Å². The molecule has 0 radical (unpaired) electrons. The Morgan fingerprint density at radius 3 is 2.83 bits per heavy atom. The van der Waals surface area contributed by atoms with E-state index in [0.29, 0.717) is 11.4 Å². The van der Waals surface area contributed by atoms with Crippen molar-refractivity contribution >= 4 is 17.4 Å². The van der Waals surface area contributed by atoms with Gasteiger partial charge in [-0.1, -0.05) is 24.6 Å². The van der Waals surface area contributed by atoms with Crippen LogP contribution < -0.4 is 0 Å². The number of nitrogens with zero attached hydrogens (tertiary/aromatic N) is 2. The van der Waals surface area contributed by atoms with Crippen LogP contribution in [0.15, 0.2) is 11.6 Å². The number of aromatic nitrogens is 2. The van der Waals surface area contributed by atoms with Crippen LogP contribution >= 0.6 is 11.6 Å². The Kier molecular flexibility index (Phi) is 4.23. The zero-order valence-corrected chi connectivity index (χ0v) is 11.8. The SMILES string of the molecule is CCc1nn(CC)c(CC(=O)C2=CCCC2)c1Cl. The summed E-state index contributed by atoms with van der Waals surface area (Å²) >= 11 is 6.30. The molecule has 98 valence electrons. The minimum Gasteiger partial charge on any atom is -0.294 e. The van der Waals surface area contributed by atoms with E-state index in [1.54, 1.807) is 0 Å². The van der Waals surface area contributed by atoms with E-state index >= 15 is 0 Å². The number of rotatable bonds is 5. The first-order chi connectivity index (χ1) is 8.67. The minimum atomic E-state index is 0.201. The van der Waals surface area contributed by atoms with Crippen molar-refractivity contribution in [2.45, 2.75) is 52.5 Å². The maximum atomic E-state index is 12.2. The fourth-order valence-electron chi connectivity index (χ4n) is 2.38. The highest BCUT2D eigenvalue weighted by Crippen LogP contribution is 2.25. The number of carbonyl (C=O) groups is 1. The standard InChI is InChI=1S/C14H19ClN2O/c1-3-11-14(15)12(17(4-2)16-11)9-13(18)10-7-5-6-8-10/h7H,3-6,8-9H2,1-2H3. The summed E-state index contributed by atoms with van der Waals surface area (Å²) in [5.41, 5.74) is 2.73. The highest BCUT2D eigenvalue weighted by molar-refractivity contribution is 6.32. The molecule has 0 saturated carbocycles. The molecule has 0 aromatic carbocycles. The second kappa shape index (κ2) is 5.70. The zero-order valence-electron chi connectivity index (χ0n) is 11.0. The third-order valence-electron chi connectivity index (χ3n) is 3.42. The van der Waals surface area contributed by atoms with Gasteiger partial charge >= 0.3 is 0 Å². The van der Waals surface area contributed by atoms with Crippen LogP contribution in [0.3, 0.4) is 0 Å². The maximum Gasteiger partial charge on any atom is 0.164 e. The third kappa shape index (κ3) is 2.51. The van der Waals surface area contributed by atoms with Crippen molar-refractivity contribution in [1.82, 2.24) is 9.78 Å². The molecule has 0 aliphatic heterocycles. The van der Waals surface area contributed by atoms with Gasteiger partial charge in [0, 0.05) is 6.54 Å². The van der Waals surface area contributed by atoms with Crippen molar-refractivity contribution in [2.24, 2.45) is 0 Å². The molecule has 0 amide bonds. The first kappa shape index (κ1) is 13.3. The van der Waals surface area contributed by atoms with Crippen molar-refractivity contribution in [3.05, 3.63) is 28.1 Å². The molecule has 1 aliphatic carbocycles. The Balaban J connectivity index is 2.22. The van der Waals surface area contributed by atoms with Gasteiger partial charge in [0.25, 0.3) is 0 Å². The van der Waals surface area contributed by atoms with Gasteiger partial charge in [0.1, 0.15) is 0 Å². The first-order valence-electron chi connectivity index (χ1n) is 6.63. The van der Waals surface area contributed by atoms with Crippen LogP contribution in [0.1, 0.15) is 44.5 Å². The van der Waals surface area contributed by atoms with Crippen LogP contribution in [0.2, 0.25) is 5.02 Å². The molecule has 1 aromatic heterocycles. The van der Waals surface area contributed by atoms with Crippen molar-refractivity contribution in [2.75, 3.05) is 0 Å². The van der Waals surface area contributed by atoms with Gasteiger partial charge < -0.3 is 0 Å². The summed E-state index contributed by atoms with van der Waals surface area (Å²) in [5, 5.41) is 5.11. The molecule has 0 N–H and O–H groups in total. The average molecular weight is 267 g/mol. The van der Waals surface area contributed by atoms with E-state index < -0.39 is 0 Å². The molecule has 0 bridgehead atoms. The normalized spacial score (nSPS) is 14.9. The van der Waals surface area contributed by atoms with E-state index in [1.165, 1.54) is 0 Å². The van der Waals surface area contributed by atoms with Crippen LogP contribution in [0.5, 0.6) is 0 Å². The van der Waals surface area contributed by atoms with Crippen LogP contribution in [0, 0.1) is 0 Å². The van der Waals surface area contributed by atoms with Crippen molar-refractivity contribution < 1.29 is 4.79 Å².